The van der Waals surface area contributed by atoms with Crippen LogP contribution in [0.1, 0.15) is 20.8 Å². The Bertz CT molecular complexity index is 906. The second-order valence-corrected chi connectivity index (χ2v) is 8.80. The van der Waals surface area contributed by atoms with Gasteiger partial charge in [-0.3, -0.25) is 9.10 Å². The molecule has 27 heavy (non-hydrogen) atoms. The highest BCUT2D eigenvalue weighted by Gasteiger charge is 2.30. The van der Waals surface area contributed by atoms with Gasteiger partial charge in [-0.1, -0.05) is 12.1 Å². The summed E-state index contributed by atoms with van der Waals surface area (Å²) in [6.07, 6.45) is 0. The van der Waals surface area contributed by atoms with Crippen molar-refractivity contribution in [3.05, 3.63) is 54.3 Å². The van der Waals surface area contributed by atoms with Gasteiger partial charge in [-0.05, 0) is 57.2 Å². The van der Waals surface area contributed by atoms with Crippen molar-refractivity contribution in [2.75, 3.05) is 18.0 Å². The molecular weight excluding hydrogens is 371 g/mol. The standard InChI is InChI=1S/C19H23FN2O4S/c1-19(2,3)21-18(23)13-22(17-8-6-5-7-16(17)20)27(24,25)15-11-9-14(26-4)10-12-15/h5-12H,13H2,1-4H3,(H,21,23). The van der Waals surface area contributed by atoms with E-state index in [0.717, 1.165) is 10.4 Å². The first-order valence-corrected chi connectivity index (χ1v) is 9.71. The van der Waals surface area contributed by atoms with Crippen LogP contribution in [0.2, 0.25) is 0 Å². The molecule has 0 bridgehead atoms. The molecule has 0 fully saturated rings. The number of benzene rings is 2. The van der Waals surface area contributed by atoms with Crippen LogP contribution in [-0.4, -0.2) is 33.5 Å². The fraction of sp³-hybridized carbons (Fsp3) is 0.316. The minimum Gasteiger partial charge on any atom is -0.497 e. The summed E-state index contributed by atoms with van der Waals surface area (Å²) in [7, 11) is -2.71. The van der Waals surface area contributed by atoms with Gasteiger partial charge in [0.05, 0.1) is 17.7 Å². The second-order valence-electron chi connectivity index (χ2n) is 6.94. The third-order valence-electron chi connectivity index (χ3n) is 3.57. The lowest BCUT2D eigenvalue weighted by Gasteiger charge is -2.27. The van der Waals surface area contributed by atoms with Crippen LogP contribution in [0.3, 0.4) is 0 Å². The number of hydrogen-bond donors (Lipinski definition) is 1. The third kappa shape index (κ3) is 5.19. The molecule has 0 heterocycles. The van der Waals surface area contributed by atoms with Gasteiger partial charge in [-0.25, -0.2) is 12.8 Å². The molecule has 0 spiro atoms. The van der Waals surface area contributed by atoms with E-state index in [1.165, 1.54) is 49.6 Å². The fourth-order valence-electron chi connectivity index (χ4n) is 2.42. The quantitative estimate of drug-likeness (QED) is 0.817. The predicted molar refractivity (Wildman–Crippen MR) is 102 cm³/mol. The first-order valence-electron chi connectivity index (χ1n) is 8.27. The van der Waals surface area contributed by atoms with Gasteiger partial charge in [0.15, 0.2) is 0 Å². The molecular formula is C19H23FN2O4S. The molecule has 2 aromatic rings. The van der Waals surface area contributed by atoms with E-state index < -0.39 is 33.8 Å². The van der Waals surface area contributed by atoms with Gasteiger partial charge >= 0.3 is 0 Å². The summed E-state index contributed by atoms with van der Waals surface area (Å²) in [6, 6.07) is 11.1. The Labute approximate surface area is 159 Å². The normalized spacial score (nSPS) is 11.7. The van der Waals surface area contributed by atoms with E-state index >= 15 is 0 Å². The molecule has 2 rings (SSSR count). The van der Waals surface area contributed by atoms with Crippen molar-refractivity contribution in [1.82, 2.24) is 5.32 Å². The number of carbonyl (C=O) groups is 1. The number of amides is 1. The predicted octanol–water partition coefficient (Wildman–Crippen LogP) is 2.94. The Morgan fingerprint density at radius 2 is 1.70 bits per heavy atom. The number of carbonyl (C=O) groups excluding carboxylic acids is 1. The van der Waals surface area contributed by atoms with Crippen LogP contribution in [0, 0.1) is 5.82 Å². The summed E-state index contributed by atoms with van der Waals surface area (Å²) in [5.74, 6) is -0.794. The van der Waals surface area contributed by atoms with E-state index in [9.17, 15) is 17.6 Å². The van der Waals surface area contributed by atoms with Gasteiger partial charge in [0.25, 0.3) is 10.0 Å². The molecule has 2 aromatic carbocycles. The summed E-state index contributed by atoms with van der Waals surface area (Å²) >= 11 is 0. The number of rotatable bonds is 6. The number of halogens is 1. The van der Waals surface area contributed by atoms with E-state index in [2.05, 4.69) is 5.32 Å². The van der Waals surface area contributed by atoms with Crippen molar-refractivity contribution < 1.29 is 22.3 Å². The van der Waals surface area contributed by atoms with Crippen LogP contribution < -0.4 is 14.4 Å². The average Bonchev–Trinajstić information content (AvgIpc) is 2.59. The van der Waals surface area contributed by atoms with E-state index in [1.807, 2.05) is 0 Å². The van der Waals surface area contributed by atoms with Crippen LogP contribution in [-0.2, 0) is 14.8 Å². The zero-order valence-corrected chi connectivity index (χ0v) is 16.5. The summed E-state index contributed by atoms with van der Waals surface area (Å²) in [4.78, 5) is 12.3. The molecule has 6 nitrogen and oxygen atoms in total. The lowest BCUT2D eigenvalue weighted by molar-refractivity contribution is -0.121. The van der Waals surface area contributed by atoms with Crippen LogP contribution in [0.5, 0.6) is 5.75 Å². The topological polar surface area (TPSA) is 75.7 Å². The Balaban J connectivity index is 2.47. The summed E-state index contributed by atoms with van der Waals surface area (Å²) in [5.41, 5.74) is -0.751. The van der Waals surface area contributed by atoms with Gasteiger partial charge in [0, 0.05) is 5.54 Å². The number of ether oxygens (including phenoxy) is 1. The fourth-order valence-corrected chi connectivity index (χ4v) is 3.85. The van der Waals surface area contributed by atoms with Crippen molar-refractivity contribution >= 4 is 21.6 Å². The Kier molecular flexibility index (Phi) is 6.10. The van der Waals surface area contributed by atoms with Crippen LogP contribution >= 0.6 is 0 Å². The van der Waals surface area contributed by atoms with Gasteiger partial charge < -0.3 is 10.1 Å². The molecule has 0 aliphatic rings. The molecule has 8 heteroatoms. The molecule has 0 atom stereocenters. The highest BCUT2D eigenvalue weighted by atomic mass is 32.2. The minimum absolute atomic E-state index is 0.0740. The maximum absolute atomic E-state index is 14.3. The maximum Gasteiger partial charge on any atom is 0.264 e. The zero-order valence-electron chi connectivity index (χ0n) is 15.7. The Hall–Kier alpha value is -2.61. The zero-order chi connectivity index (χ0) is 20.2. The number of sulfonamides is 1. The van der Waals surface area contributed by atoms with E-state index in [1.54, 1.807) is 20.8 Å². The van der Waals surface area contributed by atoms with Crippen molar-refractivity contribution in [3.8, 4) is 5.75 Å². The molecule has 0 radical (unpaired) electrons. The van der Waals surface area contributed by atoms with Crippen molar-refractivity contribution in [2.24, 2.45) is 0 Å². The van der Waals surface area contributed by atoms with Gasteiger partial charge in [-0.15, -0.1) is 0 Å². The van der Waals surface area contributed by atoms with Crippen LogP contribution in [0.4, 0.5) is 10.1 Å². The number of nitrogens with zero attached hydrogens (tertiary/aromatic N) is 1. The SMILES string of the molecule is COc1ccc(S(=O)(=O)N(CC(=O)NC(C)(C)C)c2ccccc2F)cc1. The lowest BCUT2D eigenvalue weighted by atomic mass is 10.1. The average molecular weight is 394 g/mol. The van der Waals surface area contributed by atoms with Crippen molar-refractivity contribution in [3.63, 3.8) is 0 Å². The molecule has 0 unspecified atom stereocenters. The first kappa shape index (κ1) is 20.7. The summed E-state index contributed by atoms with van der Waals surface area (Å²) < 4.78 is 46.4. The Morgan fingerprint density at radius 1 is 1.11 bits per heavy atom. The largest absolute Gasteiger partial charge is 0.497 e. The minimum atomic E-state index is -4.18. The molecule has 146 valence electrons. The first-order chi connectivity index (χ1) is 12.5. The second kappa shape index (κ2) is 7.96. The molecule has 0 aromatic heterocycles. The van der Waals surface area contributed by atoms with Gasteiger partial charge in [0.1, 0.15) is 18.1 Å². The Morgan fingerprint density at radius 3 is 2.22 bits per heavy atom. The van der Waals surface area contributed by atoms with E-state index in [0.29, 0.717) is 5.75 Å². The molecule has 0 saturated heterocycles. The van der Waals surface area contributed by atoms with Crippen LogP contribution in [0.25, 0.3) is 0 Å². The summed E-state index contributed by atoms with van der Waals surface area (Å²) in [5, 5.41) is 2.69. The third-order valence-corrected chi connectivity index (χ3v) is 5.34. The number of nitrogens with one attached hydrogen (secondary N) is 1. The number of methoxy groups -OCH3 is 1. The molecule has 0 aliphatic heterocycles. The van der Waals surface area contributed by atoms with Crippen LogP contribution in [0.15, 0.2) is 53.4 Å². The maximum atomic E-state index is 14.3. The van der Waals surface area contributed by atoms with Gasteiger partial charge in [-0.2, -0.15) is 0 Å². The lowest BCUT2D eigenvalue weighted by Crippen LogP contribution is -2.47. The number of para-hydroxylation sites is 1. The molecule has 0 aliphatic carbocycles. The molecule has 1 amide bonds. The van der Waals surface area contributed by atoms with Crippen molar-refractivity contribution in [1.29, 1.82) is 0 Å². The molecule has 0 saturated carbocycles. The van der Waals surface area contributed by atoms with Gasteiger partial charge in [0.2, 0.25) is 5.91 Å². The smallest absolute Gasteiger partial charge is 0.264 e. The number of hydrogen-bond acceptors (Lipinski definition) is 4. The highest BCUT2D eigenvalue weighted by molar-refractivity contribution is 7.92. The number of anilines is 1. The monoisotopic (exact) mass is 394 g/mol. The highest BCUT2D eigenvalue weighted by Crippen LogP contribution is 2.27. The molecule has 1 N–H and O–H groups in total. The van der Waals surface area contributed by atoms with E-state index in [4.69, 9.17) is 4.74 Å². The summed E-state index contributed by atoms with van der Waals surface area (Å²) in [6.45, 7) is 4.77. The van der Waals surface area contributed by atoms with E-state index in [-0.39, 0.29) is 10.6 Å². The van der Waals surface area contributed by atoms with Crippen molar-refractivity contribution in [2.45, 2.75) is 31.2 Å².